The predicted molar refractivity (Wildman–Crippen MR) is 73.4 cm³/mol. The zero-order chi connectivity index (χ0) is 14.5. The maximum Gasteiger partial charge on any atom is 0.323 e. The van der Waals surface area contributed by atoms with Crippen molar-refractivity contribution in [1.29, 1.82) is 0 Å². The number of anilines is 1. The summed E-state index contributed by atoms with van der Waals surface area (Å²) in [6.07, 6.45) is 4.69. The smallest absolute Gasteiger partial charge is 0.323 e. The van der Waals surface area contributed by atoms with Crippen molar-refractivity contribution >= 4 is 5.95 Å². The first-order chi connectivity index (χ1) is 10.3. The van der Waals surface area contributed by atoms with Crippen molar-refractivity contribution in [2.24, 2.45) is 0 Å². The minimum Gasteiger partial charge on any atom is -0.460 e. The molecule has 3 heterocycles. The van der Waals surface area contributed by atoms with Gasteiger partial charge in [-0.25, -0.2) is 4.98 Å². The van der Waals surface area contributed by atoms with Gasteiger partial charge < -0.3 is 14.8 Å². The maximum atomic E-state index is 5.84. The number of ether oxygens (including phenoxy) is 2. The van der Waals surface area contributed by atoms with Crippen LogP contribution in [0.5, 0.6) is 6.01 Å². The molecule has 1 aliphatic rings. The highest BCUT2D eigenvalue weighted by atomic mass is 16.5. The van der Waals surface area contributed by atoms with E-state index < -0.39 is 0 Å². The van der Waals surface area contributed by atoms with Gasteiger partial charge in [0.15, 0.2) is 0 Å². The van der Waals surface area contributed by atoms with E-state index in [-0.39, 0.29) is 6.10 Å². The Kier molecular flexibility index (Phi) is 4.20. The minimum absolute atomic E-state index is 0.0687. The molecule has 0 radical (unpaired) electrons. The quantitative estimate of drug-likeness (QED) is 0.847. The zero-order valence-corrected chi connectivity index (χ0v) is 11.8. The first kappa shape index (κ1) is 13.7. The van der Waals surface area contributed by atoms with Gasteiger partial charge in [-0.3, -0.25) is 0 Å². The third kappa shape index (κ3) is 3.43. The van der Waals surface area contributed by atoms with Gasteiger partial charge in [-0.1, -0.05) is 0 Å². The van der Waals surface area contributed by atoms with Crippen LogP contribution in [0.4, 0.5) is 5.95 Å². The molecule has 0 amide bonds. The van der Waals surface area contributed by atoms with Crippen LogP contribution in [0, 0.1) is 0 Å². The Balaban J connectivity index is 1.84. The van der Waals surface area contributed by atoms with Gasteiger partial charge in [0.1, 0.15) is 18.8 Å². The van der Waals surface area contributed by atoms with E-state index in [1.165, 1.54) is 17.3 Å². The lowest BCUT2D eigenvalue weighted by Gasteiger charge is -2.22. The number of aromatic nitrogens is 6. The standard InChI is InChI=1S/C12H17N7O2/c1-2-14-10-16-11(19-8-13-7-15-19)18-12(17-10)21-9-3-5-20-6-4-9/h7-9H,2-6H2,1H3,(H,14,16,17,18). The molecule has 3 rings (SSSR count). The van der Waals surface area contributed by atoms with Crippen LogP contribution in [0.1, 0.15) is 19.8 Å². The molecule has 0 aliphatic carbocycles. The molecule has 9 nitrogen and oxygen atoms in total. The largest absolute Gasteiger partial charge is 0.460 e. The molecule has 0 saturated carbocycles. The molecular weight excluding hydrogens is 274 g/mol. The van der Waals surface area contributed by atoms with E-state index >= 15 is 0 Å². The van der Waals surface area contributed by atoms with E-state index in [2.05, 4.69) is 30.4 Å². The highest BCUT2D eigenvalue weighted by Gasteiger charge is 2.18. The molecule has 1 fully saturated rings. The Morgan fingerprint density at radius 3 is 2.90 bits per heavy atom. The summed E-state index contributed by atoms with van der Waals surface area (Å²) in [7, 11) is 0. The number of nitrogens with one attached hydrogen (secondary N) is 1. The molecule has 112 valence electrons. The molecule has 0 aromatic carbocycles. The summed E-state index contributed by atoms with van der Waals surface area (Å²) in [5.41, 5.74) is 0. The first-order valence-electron chi connectivity index (χ1n) is 6.94. The van der Waals surface area contributed by atoms with E-state index in [1.807, 2.05) is 6.92 Å². The van der Waals surface area contributed by atoms with Crippen LogP contribution in [0.25, 0.3) is 5.95 Å². The third-order valence-electron chi connectivity index (χ3n) is 3.00. The molecule has 1 saturated heterocycles. The van der Waals surface area contributed by atoms with Gasteiger partial charge in [0.25, 0.3) is 5.95 Å². The average Bonchev–Trinajstić information content (AvgIpc) is 3.03. The molecule has 9 heteroatoms. The fourth-order valence-electron chi connectivity index (χ4n) is 1.99. The summed E-state index contributed by atoms with van der Waals surface area (Å²) < 4.78 is 12.6. The van der Waals surface area contributed by atoms with Crippen molar-refractivity contribution in [2.75, 3.05) is 25.1 Å². The van der Waals surface area contributed by atoms with Gasteiger partial charge in [-0.05, 0) is 6.92 Å². The SMILES string of the molecule is CCNc1nc(OC2CCOCC2)nc(-n2cncn2)n1. The fourth-order valence-corrected chi connectivity index (χ4v) is 1.99. The Hall–Kier alpha value is -2.29. The molecule has 2 aromatic rings. The lowest BCUT2D eigenvalue weighted by atomic mass is 10.2. The first-order valence-corrected chi connectivity index (χ1v) is 6.94. The summed E-state index contributed by atoms with van der Waals surface area (Å²) in [4.78, 5) is 16.7. The van der Waals surface area contributed by atoms with Crippen LogP contribution in [0.15, 0.2) is 12.7 Å². The summed E-state index contributed by atoms with van der Waals surface area (Å²) in [5, 5.41) is 7.08. The number of hydrogen-bond donors (Lipinski definition) is 1. The van der Waals surface area contributed by atoms with Crippen molar-refractivity contribution in [3.8, 4) is 12.0 Å². The van der Waals surface area contributed by atoms with Crippen molar-refractivity contribution < 1.29 is 9.47 Å². The van der Waals surface area contributed by atoms with Gasteiger partial charge in [-0.15, -0.1) is 0 Å². The van der Waals surface area contributed by atoms with Crippen LogP contribution in [-0.4, -0.2) is 55.6 Å². The van der Waals surface area contributed by atoms with E-state index in [1.54, 1.807) is 0 Å². The van der Waals surface area contributed by atoms with Gasteiger partial charge in [0.2, 0.25) is 5.95 Å². The molecule has 0 bridgehead atoms. The van der Waals surface area contributed by atoms with Crippen molar-refractivity contribution in [2.45, 2.75) is 25.9 Å². The second-order valence-electron chi connectivity index (χ2n) is 4.54. The molecule has 0 atom stereocenters. The predicted octanol–water partition coefficient (Wildman–Crippen LogP) is 0.442. The van der Waals surface area contributed by atoms with Crippen molar-refractivity contribution in [1.82, 2.24) is 29.7 Å². The molecular formula is C12H17N7O2. The summed E-state index contributed by atoms with van der Waals surface area (Å²) in [6, 6.07) is 0.290. The second kappa shape index (κ2) is 6.44. The van der Waals surface area contributed by atoms with Crippen molar-refractivity contribution in [3.63, 3.8) is 0 Å². The van der Waals surface area contributed by atoms with Gasteiger partial charge in [0, 0.05) is 19.4 Å². The number of hydrogen-bond acceptors (Lipinski definition) is 8. The third-order valence-corrected chi connectivity index (χ3v) is 3.00. The fraction of sp³-hybridized carbons (Fsp3) is 0.583. The second-order valence-corrected chi connectivity index (χ2v) is 4.54. The van der Waals surface area contributed by atoms with E-state index in [0.29, 0.717) is 37.7 Å². The van der Waals surface area contributed by atoms with Crippen LogP contribution in [-0.2, 0) is 4.74 Å². The molecule has 2 aromatic heterocycles. The van der Waals surface area contributed by atoms with Crippen LogP contribution in [0.2, 0.25) is 0 Å². The van der Waals surface area contributed by atoms with Crippen LogP contribution < -0.4 is 10.1 Å². The highest BCUT2D eigenvalue weighted by Crippen LogP contribution is 2.16. The molecule has 0 unspecified atom stereocenters. The molecule has 21 heavy (non-hydrogen) atoms. The molecule has 1 N–H and O–H groups in total. The van der Waals surface area contributed by atoms with Gasteiger partial charge >= 0.3 is 6.01 Å². The normalized spacial score (nSPS) is 15.9. The van der Waals surface area contributed by atoms with E-state index in [9.17, 15) is 0 Å². The Morgan fingerprint density at radius 2 is 2.19 bits per heavy atom. The van der Waals surface area contributed by atoms with Gasteiger partial charge in [0.05, 0.1) is 13.2 Å². The number of rotatable bonds is 5. The summed E-state index contributed by atoms with van der Waals surface area (Å²) in [6.45, 7) is 4.08. The monoisotopic (exact) mass is 291 g/mol. The number of nitrogens with zero attached hydrogens (tertiary/aromatic N) is 6. The Labute approximate surface area is 121 Å². The lowest BCUT2D eigenvalue weighted by molar-refractivity contribution is 0.0216. The maximum absolute atomic E-state index is 5.84. The summed E-state index contributed by atoms with van der Waals surface area (Å²) in [5.74, 6) is 0.834. The van der Waals surface area contributed by atoms with Gasteiger partial charge in [-0.2, -0.15) is 24.7 Å². The highest BCUT2D eigenvalue weighted by molar-refractivity contribution is 5.29. The van der Waals surface area contributed by atoms with E-state index in [0.717, 1.165) is 12.8 Å². The minimum atomic E-state index is 0.0687. The Bertz CT molecular complexity index is 569. The topological polar surface area (TPSA) is 99.9 Å². The lowest BCUT2D eigenvalue weighted by Crippen LogP contribution is -2.27. The summed E-state index contributed by atoms with van der Waals surface area (Å²) >= 11 is 0. The zero-order valence-electron chi connectivity index (χ0n) is 11.8. The van der Waals surface area contributed by atoms with Crippen LogP contribution in [0.3, 0.4) is 0 Å². The van der Waals surface area contributed by atoms with Crippen molar-refractivity contribution in [3.05, 3.63) is 12.7 Å². The molecule has 0 spiro atoms. The Morgan fingerprint density at radius 1 is 1.33 bits per heavy atom. The van der Waals surface area contributed by atoms with Crippen LogP contribution >= 0.6 is 0 Å². The van der Waals surface area contributed by atoms with E-state index in [4.69, 9.17) is 9.47 Å². The average molecular weight is 291 g/mol. The molecule has 1 aliphatic heterocycles.